The summed E-state index contributed by atoms with van der Waals surface area (Å²) >= 11 is 9.50. The van der Waals surface area contributed by atoms with Crippen LogP contribution in [0.5, 0.6) is 0 Å². The molecule has 0 radical (unpaired) electrons. The summed E-state index contributed by atoms with van der Waals surface area (Å²) in [6.45, 7) is 4.06. The van der Waals surface area contributed by atoms with Gasteiger partial charge >= 0.3 is 0 Å². The molecule has 1 aromatic carbocycles. The Kier molecular flexibility index (Phi) is 2.50. The lowest BCUT2D eigenvalue weighted by molar-refractivity contribution is 1.18. The van der Waals surface area contributed by atoms with Crippen LogP contribution in [0.4, 0.5) is 0 Å². The predicted octanol–water partition coefficient (Wildman–Crippen LogP) is 4.27. The van der Waals surface area contributed by atoms with Gasteiger partial charge in [0.15, 0.2) is 0 Å². The number of hydrogen-bond donors (Lipinski definition) is 0. The Hall–Kier alpha value is -0.600. The Morgan fingerprint density at radius 2 is 2.00 bits per heavy atom. The molecule has 0 aliphatic rings. The number of fused-ring (bicyclic) bond motifs is 1. The molecule has 72 valence electrons. The van der Waals surface area contributed by atoms with E-state index in [1.807, 2.05) is 32.0 Å². The van der Waals surface area contributed by atoms with Crippen molar-refractivity contribution in [3.63, 3.8) is 0 Å². The molecule has 2 rings (SSSR count). The van der Waals surface area contributed by atoms with Crippen LogP contribution < -0.4 is 0 Å². The Balaban J connectivity index is 2.92. The number of hydrogen-bond acceptors (Lipinski definition) is 1. The van der Waals surface area contributed by atoms with Crippen molar-refractivity contribution in [2.45, 2.75) is 13.8 Å². The number of nitrogens with zero attached hydrogens (tertiary/aromatic N) is 1. The number of benzene rings is 1. The highest BCUT2D eigenvalue weighted by molar-refractivity contribution is 9.10. The molecule has 0 saturated heterocycles. The lowest BCUT2D eigenvalue weighted by atomic mass is 10.1. The van der Waals surface area contributed by atoms with Crippen molar-refractivity contribution in [3.05, 3.63) is 39.0 Å². The molecule has 0 spiro atoms. The third-order valence-electron chi connectivity index (χ3n) is 2.36. The fraction of sp³-hybridized carbons (Fsp3) is 0.182. The number of halogens is 2. The molecule has 0 bridgehead atoms. The molecule has 1 nitrogen and oxygen atoms in total. The Morgan fingerprint density at radius 1 is 1.29 bits per heavy atom. The van der Waals surface area contributed by atoms with E-state index in [9.17, 15) is 0 Å². The summed E-state index contributed by atoms with van der Waals surface area (Å²) in [5.41, 5.74) is 3.19. The molecule has 0 N–H and O–H groups in total. The molecular formula is C11H9BrClN. The quantitative estimate of drug-likeness (QED) is 0.697. The number of pyridine rings is 1. The summed E-state index contributed by atoms with van der Waals surface area (Å²) in [5.74, 6) is 0. The maximum atomic E-state index is 5.93. The van der Waals surface area contributed by atoms with Crippen molar-refractivity contribution in [2.24, 2.45) is 0 Å². The summed E-state index contributed by atoms with van der Waals surface area (Å²) in [7, 11) is 0. The maximum Gasteiger partial charge on any atom is 0.0717 e. The zero-order chi connectivity index (χ0) is 10.3. The number of aromatic nitrogens is 1. The van der Waals surface area contributed by atoms with E-state index in [2.05, 4.69) is 20.9 Å². The van der Waals surface area contributed by atoms with Gasteiger partial charge in [0.1, 0.15) is 0 Å². The van der Waals surface area contributed by atoms with Gasteiger partial charge in [0.25, 0.3) is 0 Å². The summed E-state index contributed by atoms with van der Waals surface area (Å²) in [4.78, 5) is 4.49. The fourth-order valence-electron chi connectivity index (χ4n) is 1.41. The van der Waals surface area contributed by atoms with Crippen LogP contribution in [0.3, 0.4) is 0 Å². The normalized spacial score (nSPS) is 10.9. The van der Waals surface area contributed by atoms with Gasteiger partial charge in [-0.25, -0.2) is 0 Å². The lowest BCUT2D eigenvalue weighted by Gasteiger charge is -2.07. The first-order valence-electron chi connectivity index (χ1n) is 4.31. The molecule has 0 atom stereocenters. The monoisotopic (exact) mass is 269 g/mol. The van der Waals surface area contributed by atoms with Gasteiger partial charge in [-0.2, -0.15) is 0 Å². The second kappa shape index (κ2) is 3.52. The van der Waals surface area contributed by atoms with E-state index < -0.39 is 0 Å². The van der Waals surface area contributed by atoms with E-state index in [1.54, 1.807) is 0 Å². The molecule has 2 aromatic rings. The fourth-order valence-corrected chi connectivity index (χ4v) is 2.18. The largest absolute Gasteiger partial charge is 0.253 e. The Labute approximate surface area is 96.2 Å². The molecule has 3 heteroatoms. The zero-order valence-corrected chi connectivity index (χ0v) is 10.3. The van der Waals surface area contributed by atoms with Crippen LogP contribution in [-0.4, -0.2) is 4.98 Å². The Bertz CT molecular complexity index is 508. The van der Waals surface area contributed by atoms with E-state index in [1.165, 1.54) is 5.56 Å². The van der Waals surface area contributed by atoms with E-state index in [0.717, 1.165) is 26.1 Å². The minimum atomic E-state index is 0.739. The standard InChI is InChI=1S/C11H9BrClN/c1-6-7(2)14-10-4-3-8(13)5-9(10)11(6)12/h3-5H,1-2H3. The van der Waals surface area contributed by atoms with Gasteiger partial charge in [-0.1, -0.05) is 11.6 Å². The van der Waals surface area contributed by atoms with E-state index in [-0.39, 0.29) is 0 Å². The molecule has 0 unspecified atom stereocenters. The molecule has 0 aliphatic carbocycles. The van der Waals surface area contributed by atoms with Crippen LogP contribution in [-0.2, 0) is 0 Å². The lowest BCUT2D eigenvalue weighted by Crippen LogP contribution is -1.90. The van der Waals surface area contributed by atoms with E-state index >= 15 is 0 Å². The van der Waals surface area contributed by atoms with E-state index in [0.29, 0.717) is 0 Å². The van der Waals surface area contributed by atoms with Gasteiger partial charge in [0.05, 0.1) is 5.52 Å². The highest BCUT2D eigenvalue weighted by atomic mass is 79.9. The van der Waals surface area contributed by atoms with Gasteiger partial charge in [-0.15, -0.1) is 0 Å². The molecular weight excluding hydrogens is 261 g/mol. The maximum absolute atomic E-state index is 5.93. The zero-order valence-electron chi connectivity index (χ0n) is 7.94. The Morgan fingerprint density at radius 3 is 2.71 bits per heavy atom. The predicted molar refractivity (Wildman–Crippen MR) is 63.9 cm³/mol. The molecule has 14 heavy (non-hydrogen) atoms. The molecule has 1 aromatic heterocycles. The molecule has 0 saturated carbocycles. The second-order valence-corrected chi connectivity index (χ2v) is 4.53. The molecule has 0 fully saturated rings. The van der Waals surface area contributed by atoms with Gasteiger partial charge in [-0.05, 0) is 53.5 Å². The van der Waals surface area contributed by atoms with Crippen LogP contribution in [0.2, 0.25) is 5.02 Å². The highest BCUT2D eigenvalue weighted by Gasteiger charge is 2.06. The first kappa shape index (κ1) is 9.94. The van der Waals surface area contributed by atoms with Crippen molar-refractivity contribution < 1.29 is 0 Å². The average molecular weight is 271 g/mol. The first-order valence-corrected chi connectivity index (χ1v) is 5.48. The van der Waals surface area contributed by atoms with Gasteiger partial charge in [-0.3, -0.25) is 4.98 Å². The SMILES string of the molecule is Cc1nc2ccc(Cl)cc2c(Br)c1C. The summed E-state index contributed by atoms with van der Waals surface area (Å²) in [5, 5.41) is 1.81. The van der Waals surface area contributed by atoms with Crippen molar-refractivity contribution in [1.82, 2.24) is 4.98 Å². The van der Waals surface area contributed by atoms with Crippen molar-refractivity contribution in [3.8, 4) is 0 Å². The van der Waals surface area contributed by atoms with Crippen molar-refractivity contribution in [1.29, 1.82) is 0 Å². The summed E-state index contributed by atoms with van der Waals surface area (Å²) < 4.78 is 1.09. The third-order valence-corrected chi connectivity index (χ3v) is 3.61. The van der Waals surface area contributed by atoms with Gasteiger partial charge in [0, 0.05) is 20.6 Å². The summed E-state index contributed by atoms with van der Waals surface area (Å²) in [6, 6.07) is 5.73. The summed E-state index contributed by atoms with van der Waals surface area (Å²) in [6.07, 6.45) is 0. The average Bonchev–Trinajstić information content (AvgIpc) is 2.16. The van der Waals surface area contributed by atoms with Crippen LogP contribution in [0.1, 0.15) is 11.3 Å². The van der Waals surface area contributed by atoms with E-state index in [4.69, 9.17) is 11.6 Å². The number of rotatable bonds is 0. The topological polar surface area (TPSA) is 12.9 Å². The first-order chi connectivity index (χ1) is 6.59. The van der Waals surface area contributed by atoms with Gasteiger partial charge in [0.2, 0.25) is 0 Å². The van der Waals surface area contributed by atoms with Crippen LogP contribution in [0.25, 0.3) is 10.9 Å². The number of aryl methyl sites for hydroxylation is 1. The second-order valence-electron chi connectivity index (χ2n) is 3.30. The minimum Gasteiger partial charge on any atom is -0.253 e. The smallest absolute Gasteiger partial charge is 0.0717 e. The molecule has 0 aliphatic heterocycles. The van der Waals surface area contributed by atoms with Gasteiger partial charge < -0.3 is 0 Å². The van der Waals surface area contributed by atoms with Crippen LogP contribution >= 0.6 is 27.5 Å². The highest BCUT2D eigenvalue weighted by Crippen LogP contribution is 2.29. The minimum absolute atomic E-state index is 0.739. The van der Waals surface area contributed by atoms with Crippen molar-refractivity contribution >= 4 is 38.4 Å². The van der Waals surface area contributed by atoms with Crippen LogP contribution in [0.15, 0.2) is 22.7 Å². The molecule has 1 heterocycles. The van der Waals surface area contributed by atoms with Crippen molar-refractivity contribution in [2.75, 3.05) is 0 Å². The molecule has 0 amide bonds. The third kappa shape index (κ3) is 1.53. The van der Waals surface area contributed by atoms with Crippen LogP contribution in [0, 0.1) is 13.8 Å².